The minimum absolute atomic E-state index is 0.000988. The summed E-state index contributed by atoms with van der Waals surface area (Å²) in [7, 11) is 0. The third-order valence-corrected chi connectivity index (χ3v) is 3.42. The first-order valence-electron chi connectivity index (χ1n) is 9.63. The van der Waals surface area contributed by atoms with E-state index in [1.54, 1.807) is 46.8 Å². The second kappa shape index (κ2) is 11.9. The van der Waals surface area contributed by atoms with Crippen LogP contribution in [-0.2, 0) is 20.7 Å². The number of nitrogens with zero attached hydrogens (tertiary/aromatic N) is 1. The third kappa shape index (κ3) is 10.6. The van der Waals surface area contributed by atoms with Gasteiger partial charge in [-0.25, -0.2) is 14.6 Å². The lowest BCUT2D eigenvalue weighted by molar-refractivity contribution is -0.120. The maximum Gasteiger partial charge on any atom is 0.407 e. The molecule has 0 bridgehead atoms. The molecular formula is C21H30N2O7. The van der Waals surface area contributed by atoms with E-state index in [1.807, 2.05) is 0 Å². The molecule has 0 radical (unpaired) electrons. The summed E-state index contributed by atoms with van der Waals surface area (Å²) in [6.45, 7) is 9.24. The number of hydrogen-bond acceptors (Lipinski definition) is 8. The molecule has 30 heavy (non-hydrogen) atoms. The molecule has 1 heterocycles. The monoisotopic (exact) mass is 422 g/mol. The molecule has 0 saturated carbocycles. The van der Waals surface area contributed by atoms with E-state index in [9.17, 15) is 19.5 Å². The summed E-state index contributed by atoms with van der Waals surface area (Å²) < 4.78 is 15.0. The van der Waals surface area contributed by atoms with Crippen LogP contribution in [0.3, 0.4) is 0 Å². The van der Waals surface area contributed by atoms with Crippen LogP contribution in [0.5, 0.6) is 0 Å². The van der Waals surface area contributed by atoms with Crippen molar-refractivity contribution in [3.05, 3.63) is 41.6 Å². The van der Waals surface area contributed by atoms with Crippen LogP contribution in [0.4, 0.5) is 4.79 Å². The maximum absolute atomic E-state index is 12.1. The number of rotatable bonds is 10. The van der Waals surface area contributed by atoms with Crippen molar-refractivity contribution >= 4 is 17.8 Å². The molecule has 0 aromatic carbocycles. The van der Waals surface area contributed by atoms with Crippen LogP contribution in [0, 0.1) is 0 Å². The number of alkyl carbamates (subject to hydrolysis) is 1. The van der Waals surface area contributed by atoms with Gasteiger partial charge in [-0.3, -0.25) is 4.79 Å². The Morgan fingerprint density at radius 3 is 2.67 bits per heavy atom. The highest BCUT2D eigenvalue weighted by Gasteiger charge is 2.17. The van der Waals surface area contributed by atoms with Gasteiger partial charge in [-0.05, 0) is 34.6 Å². The van der Waals surface area contributed by atoms with Gasteiger partial charge in [0.15, 0.2) is 5.69 Å². The van der Waals surface area contributed by atoms with E-state index in [4.69, 9.17) is 13.9 Å². The van der Waals surface area contributed by atoms with Gasteiger partial charge in [-0.2, -0.15) is 0 Å². The van der Waals surface area contributed by atoms with Gasteiger partial charge in [0.1, 0.15) is 17.6 Å². The fraction of sp³-hybridized carbons (Fsp3) is 0.524. The summed E-state index contributed by atoms with van der Waals surface area (Å²) in [5, 5.41) is 12.6. The van der Waals surface area contributed by atoms with Crippen molar-refractivity contribution in [1.29, 1.82) is 0 Å². The van der Waals surface area contributed by atoms with E-state index in [0.717, 1.165) is 11.8 Å². The fourth-order valence-electron chi connectivity index (χ4n) is 2.28. The number of oxazole rings is 1. The fourth-order valence-corrected chi connectivity index (χ4v) is 2.28. The Bertz CT molecular complexity index is 788. The van der Waals surface area contributed by atoms with Crippen molar-refractivity contribution in [3.63, 3.8) is 0 Å². The number of nitrogens with one attached hydrogen (secondary N) is 1. The normalized spacial score (nSPS) is 13.2. The largest absolute Gasteiger partial charge is 0.461 e. The zero-order valence-electron chi connectivity index (χ0n) is 18.1. The van der Waals surface area contributed by atoms with Crippen molar-refractivity contribution in [2.45, 2.75) is 59.2 Å². The molecule has 1 atom stereocenters. The molecule has 0 spiro atoms. The highest BCUT2D eigenvalue weighted by atomic mass is 16.6. The quantitative estimate of drug-likeness (QED) is 0.435. The number of Topliss-reactive ketones (excluding diaryl/α,β-unsaturated/α-hetero) is 1. The van der Waals surface area contributed by atoms with Crippen LogP contribution >= 0.6 is 0 Å². The summed E-state index contributed by atoms with van der Waals surface area (Å²) in [6, 6.07) is 0. The molecule has 166 valence electrons. The molecule has 1 aromatic heterocycles. The Balaban J connectivity index is 2.43. The molecule has 0 aliphatic carbocycles. The van der Waals surface area contributed by atoms with Crippen molar-refractivity contribution in [3.8, 4) is 0 Å². The van der Waals surface area contributed by atoms with E-state index in [2.05, 4.69) is 10.3 Å². The SMILES string of the molecule is CCOC(=O)c1coc(CC(=O)C[C@H](O)/C=C(C)/C=C/CNC(=O)OC(C)(C)C)n1. The van der Waals surface area contributed by atoms with E-state index >= 15 is 0 Å². The van der Waals surface area contributed by atoms with Crippen LogP contribution in [0.1, 0.15) is 57.4 Å². The standard InChI is InChI=1S/C21H30N2O7/c1-6-28-19(26)17-13-29-18(23-17)12-16(25)11-15(24)10-14(2)8-7-9-22-20(27)30-21(3,4)5/h7-8,10,13,15,24H,6,9,11-12H2,1-5H3,(H,22,27)/b8-7+,14-10+/t15-/m1/s1. The van der Waals surface area contributed by atoms with Crippen molar-refractivity contribution < 1.29 is 33.4 Å². The molecule has 0 aliphatic heterocycles. The van der Waals surface area contributed by atoms with Gasteiger partial charge in [-0.15, -0.1) is 0 Å². The second-order valence-corrected chi connectivity index (χ2v) is 7.53. The van der Waals surface area contributed by atoms with E-state index in [1.165, 1.54) is 6.08 Å². The minimum atomic E-state index is -0.986. The number of carbonyl (C=O) groups excluding carboxylic acids is 3. The van der Waals surface area contributed by atoms with Gasteiger partial charge in [0.25, 0.3) is 0 Å². The van der Waals surface area contributed by atoms with Gasteiger partial charge in [0.2, 0.25) is 5.89 Å². The highest BCUT2D eigenvalue weighted by Crippen LogP contribution is 2.09. The smallest absolute Gasteiger partial charge is 0.407 e. The van der Waals surface area contributed by atoms with Crippen LogP contribution in [-0.4, -0.2) is 52.8 Å². The number of carbonyl (C=O) groups is 3. The Kier molecular flexibility index (Phi) is 9.97. The average molecular weight is 422 g/mol. The molecule has 0 unspecified atom stereocenters. The van der Waals surface area contributed by atoms with Crippen molar-refractivity contribution in [2.75, 3.05) is 13.2 Å². The average Bonchev–Trinajstić information content (AvgIpc) is 3.05. The minimum Gasteiger partial charge on any atom is -0.461 e. The van der Waals surface area contributed by atoms with Crippen molar-refractivity contribution in [2.24, 2.45) is 0 Å². The molecule has 9 heteroatoms. The number of aliphatic hydroxyl groups excluding tert-OH is 1. The summed E-state index contributed by atoms with van der Waals surface area (Å²) in [4.78, 5) is 39.0. The predicted octanol–water partition coefficient (Wildman–Crippen LogP) is 2.74. The molecule has 2 N–H and O–H groups in total. The number of esters is 1. The van der Waals surface area contributed by atoms with Crippen LogP contribution in [0.2, 0.25) is 0 Å². The molecule has 0 saturated heterocycles. The van der Waals surface area contributed by atoms with Gasteiger partial charge >= 0.3 is 12.1 Å². The lowest BCUT2D eigenvalue weighted by Crippen LogP contribution is -2.32. The Labute approximate surface area is 176 Å². The molecule has 1 aromatic rings. The zero-order valence-corrected chi connectivity index (χ0v) is 18.1. The Hall–Kier alpha value is -2.94. The van der Waals surface area contributed by atoms with Gasteiger partial charge in [-0.1, -0.05) is 23.8 Å². The number of ketones is 1. The molecule has 0 fully saturated rings. The van der Waals surface area contributed by atoms with Crippen LogP contribution in [0.15, 0.2) is 34.5 Å². The third-order valence-electron chi connectivity index (χ3n) is 3.42. The first-order valence-corrected chi connectivity index (χ1v) is 9.63. The summed E-state index contributed by atoms with van der Waals surface area (Å²) >= 11 is 0. The predicted molar refractivity (Wildman–Crippen MR) is 109 cm³/mol. The Morgan fingerprint density at radius 2 is 2.03 bits per heavy atom. The summed E-state index contributed by atoms with van der Waals surface area (Å²) in [5.41, 5.74) is 0.161. The highest BCUT2D eigenvalue weighted by molar-refractivity contribution is 5.87. The molecular weight excluding hydrogens is 392 g/mol. The van der Waals surface area contributed by atoms with E-state index in [0.29, 0.717) is 0 Å². The zero-order chi connectivity index (χ0) is 22.7. The van der Waals surface area contributed by atoms with Gasteiger partial charge in [0.05, 0.1) is 19.1 Å². The number of hydrogen-bond donors (Lipinski definition) is 2. The van der Waals surface area contributed by atoms with Crippen LogP contribution < -0.4 is 5.32 Å². The topological polar surface area (TPSA) is 128 Å². The van der Waals surface area contributed by atoms with Crippen molar-refractivity contribution in [1.82, 2.24) is 10.3 Å². The first-order chi connectivity index (χ1) is 14.0. The number of ether oxygens (including phenoxy) is 2. The molecule has 0 aliphatic rings. The van der Waals surface area contributed by atoms with Gasteiger partial charge < -0.3 is 24.3 Å². The van der Waals surface area contributed by atoms with E-state index < -0.39 is 23.8 Å². The summed E-state index contributed by atoms with van der Waals surface area (Å²) in [6.07, 6.45) is 4.31. The molecule has 1 rings (SSSR count). The number of amides is 1. The lowest BCUT2D eigenvalue weighted by atomic mass is 10.1. The number of allylic oxidation sites excluding steroid dienone is 2. The lowest BCUT2D eigenvalue weighted by Gasteiger charge is -2.19. The number of aliphatic hydroxyl groups is 1. The van der Waals surface area contributed by atoms with Gasteiger partial charge in [0, 0.05) is 13.0 Å². The second-order valence-electron chi connectivity index (χ2n) is 7.53. The van der Waals surface area contributed by atoms with Crippen LogP contribution in [0.25, 0.3) is 0 Å². The molecule has 9 nitrogen and oxygen atoms in total. The number of aromatic nitrogens is 1. The first kappa shape index (κ1) is 25.1. The summed E-state index contributed by atoms with van der Waals surface area (Å²) in [5.74, 6) is -0.824. The van der Waals surface area contributed by atoms with E-state index in [-0.39, 0.29) is 43.4 Å². The Morgan fingerprint density at radius 1 is 1.33 bits per heavy atom. The molecule has 1 amide bonds. The maximum atomic E-state index is 12.1.